The Balaban J connectivity index is 2.19. The molecule has 6 heteroatoms. The molecule has 5 nitrogen and oxygen atoms in total. The summed E-state index contributed by atoms with van der Waals surface area (Å²) >= 11 is 0. The van der Waals surface area contributed by atoms with Crippen molar-refractivity contribution in [1.29, 1.82) is 0 Å². The van der Waals surface area contributed by atoms with Gasteiger partial charge in [-0.15, -0.1) is 0 Å². The number of carbonyl (C=O) groups excluding carboxylic acids is 2. The van der Waals surface area contributed by atoms with Crippen molar-refractivity contribution in [3.8, 4) is 0 Å². The molecule has 0 aromatic heterocycles. The molecule has 1 unspecified atom stereocenters. The third kappa shape index (κ3) is 5.39. The number of carbonyl (C=O) groups is 2. The molecule has 0 aliphatic carbocycles. The largest absolute Gasteiger partial charge is 0.396 e. The maximum absolute atomic E-state index is 13.7. The van der Waals surface area contributed by atoms with Crippen LogP contribution in [0.25, 0.3) is 0 Å². The van der Waals surface area contributed by atoms with Crippen molar-refractivity contribution in [1.82, 2.24) is 5.32 Å². The number of rotatable bonds is 7. The predicted octanol–water partition coefficient (Wildman–Crippen LogP) is 3.03. The number of hydrogen-bond acceptors (Lipinski definition) is 3. The van der Waals surface area contributed by atoms with E-state index in [9.17, 15) is 14.0 Å². The summed E-state index contributed by atoms with van der Waals surface area (Å²) in [4.78, 5) is 23.7. The Kier molecular flexibility index (Phi) is 6.65. The first-order chi connectivity index (χ1) is 12.0. The molecule has 2 amide bonds. The second kappa shape index (κ2) is 8.94. The maximum atomic E-state index is 13.7. The van der Waals surface area contributed by atoms with Crippen LogP contribution in [0.1, 0.15) is 41.7 Å². The van der Waals surface area contributed by atoms with Crippen molar-refractivity contribution in [3.63, 3.8) is 0 Å². The van der Waals surface area contributed by atoms with Crippen LogP contribution in [-0.4, -0.2) is 23.5 Å². The van der Waals surface area contributed by atoms with Gasteiger partial charge in [0.2, 0.25) is 5.91 Å². The molecule has 0 fully saturated rings. The van der Waals surface area contributed by atoms with Crippen LogP contribution in [0.15, 0.2) is 48.5 Å². The van der Waals surface area contributed by atoms with Gasteiger partial charge in [-0.1, -0.05) is 30.3 Å². The zero-order chi connectivity index (χ0) is 18.2. The fraction of sp³-hybridized carbons (Fsp3) is 0.263. The number of nitrogens with one attached hydrogen (secondary N) is 2. The van der Waals surface area contributed by atoms with Gasteiger partial charge in [-0.3, -0.25) is 9.59 Å². The summed E-state index contributed by atoms with van der Waals surface area (Å²) < 4.78 is 13.7. The summed E-state index contributed by atoms with van der Waals surface area (Å²) in [6, 6.07) is 13.0. The fourth-order valence-corrected chi connectivity index (χ4v) is 2.50. The molecule has 2 aromatic carbocycles. The van der Waals surface area contributed by atoms with E-state index in [1.54, 1.807) is 0 Å². The number of amides is 2. The molecule has 2 aromatic rings. The third-order valence-electron chi connectivity index (χ3n) is 3.70. The summed E-state index contributed by atoms with van der Waals surface area (Å²) in [6.45, 7) is 1.30. The highest BCUT2D eigenvalue weighted by Crippen LogP contribution is 2.21. The minimum absolute atomic E-state index is 0.0302. The van der Waals surface area contributed by atoms with Crippen molar-refractivity contribution >= 4 is 17.5 Å². The molecular weight excluding hydrogens is 323 g/mol. The number of aliphatic hydroxyl groups is 1. The molecule has 1 atom stereocenters. The van der Waals surface area contributed by atoms with Crippen molar-refractivity contribution in [3.05, 3.63) is 65.5 Å². The topological polar surface area (TPSA) is 78.4 Å². The van der Waals surface area contributed by atoms with E-state index in [1.165, 1.54) is 19.1 Å². The van der Waals surface area contributed by atoms with Crippen LogP contribution in [0.2, 0.25) is 0 Å². The van der Waals surface area contributed by atoms with Gasteiger partial charge in [0.25, 0.3) is 5.91 Å². The van der Waals surface area contributed by atoms with Gasteiger partial charge in [0.15, 0.2) is 0 Å². The molecule has 132 valence electrons. The Morgan fingerprint density at radius 2 is 1.88 bits per heavy atom. The SMILES string of the molecule is CC(=O)Nc1cc(C(=O)NC(CCCO)c2ccccc2)ccc1F. The lowest BCUT2D eigenvalue weighted by Gasteiger charge is -2.19. The van der Waals surface area contributed by atoms with Gasteiger partial charge < -0.3 is 15.7 Å². The van der Waals surface area contributed by atoms with Crippen LogP contribution in [0.3, 0.4) is 0 Å². The molecule has 0 saturated heterocycles. The van der Waals surface area contributed by atoms with Gasteiger partial charge in [0.1, 0.15) is 5.82 Å². The Morgan fingerprint density at radius 3 is 2.52 bits per heavy atom. The Hall–Kier alpha value is -2.73. The zero-order valence-electron chi connectivity index (χ0n) is 14.0. The number of aliphatic hydroxyl groups excluding tert-OH is 1. The zero-order valence-corrected chi connectivity index (χ0v) is 14.0. The Labute approximate surface area is 145 Å². The van der Waals surface area contributed by atoms with Crippen LogP contribution in [-0.2, 0) is 4.79 Å². The van der Waals surface area contributed by atoms with Gasteiger partial charge in [-0.25, -0.2) is 4.39 Å². The van der Waals surface area contributed by atoms with Crippen LogP contribution >= 0.6 is 0 Å². The fourth-order valence-electron chi connectivity index (χ4n) is 2.50. The Bertz CT molecular complexity index is 735. The van der Waals surface area contributed by atoms with Gasteiger partial charge in [-0.2, -0.15) is 0 Å². The van der Waals surface area contributed by atoms with Crippen LogP contribution in [0, 0.1) is 5.82 Å². The summed E-state index contributed by atoms with van der Waals surface area (Å²) in [5, 5.41) is 14.3. The van der Waals surface area contributed by atoms with Gasteiger partial charge in [-0.05, 0) is 36.6 Å². The lowest BCUT2D eigenvalue weighted by atomic mass is 10.0. The molecular formula is C19H21FN2O3. The van der Waals surface area contributed by atoms with E-state index in [0.29, 0.717) is 12.8 Å². The van der Waals surface area contributed by atoms with E-state index < -0.39 is 11.7 Å². The van der Waals surface area contributed by atoms with Crippen molar-refractivity contribution in [2.75, 3.05) is 11.9 Å². The van der Waals surface area contributed by atoms with E-state index in [0.717, 1.165) is 11.6 Å². The standard InChI is InChI=1S/C19H21FN2O3/c1-13(24)21-18-12-15(9-10-16(18)20)19(25)22-17(8-5-11-23)14-6-3-2-4-7-14/h2-4,6-7,9-10,12,17,23H,5,8,11H2,1H3,(H,21,24)(H,22,25). The van der Waals surface area contributed by atoms with Crippen molar-refractivity contribution in [2.45, 2.75) is 25.8 Å². The highest BCUT2D eigenvalue weighted by Gasteiger charge is 2.17. The summed E-state index contributed by atoms with van der Waals surface area (Å²) in [5.41, 5.74) is 1.13. The quantitative estimate of drug-likeness (QED) is 0.722. The first-order valence-electron chi connectivity index (χ1n) is 8.05. The minimum Gasteiger partial charge on any atom is -0.396 e. The highest BCUT2D eigenvalue weighted by atomic mass is 19.1. The third-order valence-corrected chi connectivity index (χ3v) is 3.70. The molecule has 25 heavy (non-hydrogen) atoms. The average Bonchev–Trinajstić information content (AvgIpc) is 2.60. The number of benzene rings is 2. The first kappa shape index (κ1) is 18.6. The first-order valence-corrected chi connectivity index (χ1v) is 8.05. The van der Waals surface area contributed by atoms with E-state index in [-0.39, 0.29) is 29.8 Å². The number of hydrogen-bond donors (Lipinski definition) is 3. The second-order valence-corrected chi connectivity index (χ2v) is 5.68. The molecule has 2 rings (SSSR count). The Morgan fingerprint density at radius 1 is 1.16 bits per heavy atom. The molecule has 0 aliphatic rings. The van der Waals surface area contributed by atoms with Crippen molar-refractivity contribution < 1.29 is 19.1 Å². The normalized spacial score (nSPS) is 11.6. The lowest BCUT2D eigenvalue weighted by Crippen LogP contribution is -2.29. The summed E-state index contributed by atoms with van der Waals surface area (Å²) in [7, 11) is 0. The van der Waals surface area contributed by atoms with Gasteiger partial charge >= 0.3 is 0 Å². The molecule has 0 bridgehead atoms. The van der Waals surface area contributed by atoms with Crippen LogP contribution in [0.4, 0.5) is 10.1 Å². The number of anilines is 1. The van der Waals surface area contributed by atoms with Gasteiger partial charge in [0.05, 0.1) is 11.7 Å². The molecule has 0 spiro atoms. The summed E-state index contributed by atoms with van der Waals surface area (Å²) in [6.07, 6.45) is 1.12. The van der Waals surface area contributed by atoms with Crippen LogP contribution < -0.4 is 10.6 Å². The lowest BCUT2D eigenvalue weighted by molar-refractivity contribution is -0.114. The monoisotopic (exact) mass is 344 g/mol. The van der Waals surface area contributed by atoms with Crippen LogP contribution in [0.5, 0.6) is 0 Å². The van der Waals surface area contributed by atoms with Crippen molar-refractivity contribution in [2.24, 2.45) is 0 Å². The maximum Gasteiger partial charge on any atom is 0.251 e. The molecule has 0 saturated carbocycles. The van der Waals surface area contributed by atoms with E-state index in [4.69, 9.17) is 5.11 Å². The van der Waals surface area contributed by atoms with E-state index in [2.05, 4.69) is 10.6 Å². The minimum atomic E-state index is -0.605. The second-order valence-electron chi connectivity index (χ2n) is 5.68. The summed E-state index contributed by atoms with van der Waals surface area (Å²) in [5.74, 6) is -1.40. The predicted molar refractivity (Wildman–Crippen MR) is 93.7 cm³/mol. The highest BCUT2D eigenvalue weighted by molar-refractivity contribution is 5.97. The number of halogens is 1. The van der Waals surface area contributed by atoms with E-state index in [1.807, 2.05) is 30.3 Å². The van der Waals surface area contributed by atoms with E-state index >= 15 is 0 Å². The molecule has 0 radical (unpaired) electrons. The smallest absolute Gasteiger partial charge is 0.251 e. The average molecular weight is 344 g/mol. The molecule has 3 N–H and O–H groups in total. The molecule has 0 aliphatic heterocycles. The van der Waals surface area contributed by atoms with Gasteiger partial charge in [0, 0.05) is 19.1 Å². The molecule has 0 heterocycles.